The molecule has 1 atom stereocenters. The summed E-state index contributed by atoms with van der Waals surface area (Å²) in [6.45, 7) is 1.84. The molecule has 0 amide bonds. The maximum absolute atomic E-state index is 10.9. The Morgan fingerprint density at radius 3 is 2.71 bits per heavy atom. The second kappa shape index (κ2) is 9.83. The molecule has 0 saturated heterocycles. The lowest BCUT2D eigenvalue weighted by Crippen LogP contribution is -2.03. The third kappa shape index (κ3) is 5.78. The number of benzene rings is 2. The molecule has 2 radical (unpaired) electrons. The number of rotatable bonds is 8. The molecule has 0 spiro atoms. The fourth-order valence-electron chi connectivity index (χ4n) is 2.15. The van der Waals surface area contributed by atoms with Gasteiger partial charge in [0.2, 0.25) is 0 Å². The van der Waals surface area contributed by atoms with Gasteiger partial charge < -0.3 is 9.47 Å². The molecular weight excluding hydrogens is 320 g/mol. The average Bonchev–Trinajstić information content (AvgIpc) is 2.62. The number of carbonyl (C=O) groups excluding carboxylic acids is 1. The van der Waals surface area contributed by atoms with E-state index in [1.165, 1.54) is 12.5 Å². The highest BCUT2D eigenvalue weighted by Gasteiger charge is 2.09. The molecule has 2 aromatic carbocycles. The van der Waals surface area contributed by atoms with Crippen molar-refractivity contribution in [1.82, 2.24) is 0 Å². The fourth-order valence-corrected chi connectivity index (χ4v) is 3.12. The third-order valence-corrected chi connectivity index (χ3v) is 4.47. The van der Waals surface area contributed by atoms with Crippen molar-refractivity contribution >= 4 is 23.8 Å². The summed E-state index contributed by atoms with van der Waals surface area (Å²) in [7, 11) is 1.64. The summed E-state index contributed by atoms with van der Waals surface area (Å²) in [6.07, 6.45) is 4.15. The van der Waals surface area contributed by atoms with Crippen LogP contribution in [0.15, 0.2) is 48.5 Å². The molecule has 4 heteroatoms. The van der Waals surface area contributed by atoms with Gasteiger partial charge in [-0.15, -0.1) is 11.8 Å². The Morgan fingerprint density at radius 1 is 1.25 bits per heavy atom. The van der Waals surface area contributed by atoms with E-state index in [1.54, 1.807) is 24.9 Å². The summed E-state index contributed by atoms with van der Waals surface area (Å²) >= 11 is 1.73. The summed E-state index contributed by atoms with van der Waals surface area (Å²) in [6, 6.07) is 19.7. The number of methoxy groups -OCH3 is 1. The predicted octanol–water partition coefficient (Wildman–Crippen LogP) is 4.35. The average molecular weight is 340 g/mol. The first-order valence-electron chi connectivity index (χ1n) is 7.64. The van der Waals surface area contributed by atoms with Crippen molar-refractivity contribution < 1.29 is 14.3 Å². The van der Waals surface area contributed by atoms with Crippen LogP contribution in [0.25, 0.3) is 6.08 Å². The molecule has 24 heavy (non-hydrogen) atoms. The molecule has 0 N–H and O–H groups in total. The summed E-state index contributed by atoms with van der Waals surface area (Å²) in [4.78, 5) is 10.9. The van der Waals surface area contributed by atoms with Crippen LogP contribution in [-0.2, 0) is 9.53 Å². The van der Waals surface area contributed by atoms with Gasteiger partial charge in [-0.1, -0.05) is 42.5 Å². The van der Waals surface area contributed by atoms with Gasteiger partial charge in [0.25, 0.3) is 0 Å². The maximum atomic E-state index is 10.9. The first kappa shape index (κ1) is 18.1. The standard InChI is InChI=1S/C20H20O3S/c1-16(21)23-14-15-24-20(18-9-4-3-5-10-18)13-12-17-8-6-7-11-19(17)22-2/h3-5,8-13,20H,14-15H2,1-2H3/b13-12+. The van der Waals surface area contributed by atoms with E-state index in [0.717, 1.165) is 17.1 Å². The van der Waals surface area contributed by atoms with Crippen molar-refractivity contribution in [3.63, 3.8) is 0 Å². The van der Waals surface area contributed by atoms with Gasteiger partial charge in [-0.25, -0.2) is 0 Å². The van der Waals surface area contributed by atoms with E-state index in [1.807, 2.05) is 30.3 Å². The van der Waals surface area contributed by atoms with Crippen LogP contribution in [0, 0.1) is 12.1 Å². The highest BCUT2D eigenvalue weighted by atomic mass is 32.2. The van der Waals surface area contributed by atoms with E-state index in [2.05, 4.69) is 30.3 Å². The van der Waals surface area contributed by atoms with Crippen LogP contribution in [0.4, 0.5) is 0 Å². The summed E-state index contributed by atoms with van der Waals surface area (Å²) in [5, 5.41) is 0.163. The van der Waals surface area contributed by atoms with E-state index in [0.29, 0.717) is 6.61 Å². The van der Waals surface area contributed by atoms with Crippen molar-refractivity contribution in [1.29, 1.82) is 0 Å². The Bertz CT molecular complexity index is 668. The molecule has 0 heterocycles. The molecule has 2 rings (SSSR count). The lowest BCUT2D eigenvalue weighted by atomic mass is 10.1. The molecule has 1 unspecified atom stereocenters. The molecule has 0 fully saturated rings. The molecule has 0 aromatic heterocycles. The Kier molecular flexibility index (Phi) is 7.43. The fraction of sp³-hybridized carbons (Fsp3) is 0.250. The van der Waals surface area contributed by atoms with Crippen molar-refractivity contribution in [3.05, 3.63) is 71.8 Å². The van der Waals surface area contributed by atoms with Crippen LogP contribution < -0.4 is 4.74 Å². The first-order chi connectivity index (χ1) is 11.7. The first-order valence-corrected chi connectivity index (χ1v) is 8.69. The number of hydrogen-bond acceptors (Lipinski definition) is 4. The van der Waals surface area contributed by atoms with E-state index in [4.69, 9.17) is 9.47 Å². The Morgan fingerprint density at radius 2 is 2.00 bits per heavy atom. The van der Waals surface area contributed by atoms with Crippen molar-refractivity contribution in [3.8, 4) is 5.75 Å². The molecule has 0 aliphatic rings. The normalized spacial score (nSPS) is 12.1. The molecule has 0 bridgehead atoms. The van der Waals surface area contributed by atoms with Crippen molar-refractivity contribution in [2.75, 3.05) is 19.5 Å². The van der Waals surface area contributed by atoms with Crippen molar-refractivity contribution in [2.24, 2.45) is 0 Å². The van der Waals surface area contributed by atoms with Gasteiger partial charge in [0.1, 0.15) is 12.4 Å². The Balaban J connectivity index is 2.10. The number of carbonyl (C=O) groups is 1. The number of hydrogen-bond donors (Lipinski definition) is 0. The van der Waals surface area contributed by atoms with E-state index >= 15 is 0 Å². The Hall–Kier alpha value is -2.20. The molecule has 0 aliphatic carbocycles. The van der Waals surface area contributed by atoms with Gasteiger partial charge in [0.15, 0.2) is 0 Å². The largest absolute Gasteiger partial charge is 0.496 e. The lowest BCUT2D eigenvalue weighted by molar-refractivity contribution is -0.140. The number of thioether (sulfide) groups is 1. The van der Waals surface area contributed by atoms with Crippen molar-refractivity contribution in [2.45, 2.75) is 12.2 Å². The van der Waals surface area contributed by atoms with E-state index < -0.39 is 0 Å². The zero-order valence-corrected chi connectivity index (χ0v) is 14.6. The second-order valence-corrected chi connectivity index (χ2v) is 6.25. The summed E-state index contributed by atoms with van der Waals surface area (Å²) in [5.74, 6) is 1.25. The molecule has 0 saturated carbocycles. The van der Waals surface area contributed by atoms with Crippen LogP contribution >= 0.6 is 11.8 Å². The zero-order chi connectivity index (χ0) is 17.2. The minimum absolute atomic E-state index is 0.163. The second-order valence-electron chi connectivity index (χ2n) is 5.00. The number of esters is 1. The summed E-state index contributed by atoms with van der Waals surface area (Å²) in [5.41, 5.74) is 2.16. The van der Waals surface area contributed by atoms with Gasteiger partial charge in [0, 0.05) is 23.5 Å². The molecule has 0 aliphatic heterocycles. The van der Waals surface area contributed by atoms with Crippen LogP contribution in [0.1, 0.15) is 23.3 Å². The zero-order valence-electron chi connectivity index (χ0n) is 13.8. The minimum Gasteiger partial charge on any atom is -0.496 e. The topological polar surface area (TPSA) is 35.5 Å². The maximum Gasteiger partial charge on any atom is 0.302 e. The SMILES string of the molecule is COc1c[c][c]cc1/C=C/C(SCCOC(C)=O)c1ccccc1. The van der Waals surface area contributed by atoms with Crippen LogP contribution in [0.5, 0.6) is 5.75 Å². The van der Waals surface area contributed by atoms with Gasteiger partial charge >= 0.3 is 5.97 Å². The quantitative estimate of drug-likeness (QED) is 0.529. The van der Waals surface area contributed by atoms with Gasteiger partial charge in [-0.05, 0) is 29.8 Å². The van der Waals surface area contributed by atoms with Crippen LogP contribution in [0.3, 0.4) is 0 Å². The van der Waals surface area contributed by atoms with Crippen LogP contribution in [-0.4, -0.2) is 25.4 Å². The van der Waals surface area contributed by atoms with Gasteiger partial charge in [-0.3, -0.25) is 4.79 Å². The van der Waals surface area contributed by atoms with E-state index in [9.17, 15) is 4.79 Å². The highest BCUT2D eigenvalue weighted by Crippen LogP contribution is 2.31. The van der Waals surface area contributed by atoms with Gasteiger partial charge in [-0.2, -0.15) is 0 Å². The molecular formula is C20H20O3S. The predicted molar refractivity (Wildman–Crippen MR) is 98.0 cm³/mol. The highest BCUT2D eigenvalue weighted by molar-refractivity contribution is 7.99. The minimum atomic E-state index is -0.247. The lowest BCUT2D eigenvalue weighted by Gasteiger charge is -2.13. The summed E-state index contributed by atoms with van der Waals surface area (Å²) < 4.78 is 10.4. The monoisotopic (exact) mass is 340 g/mol. The Labute approximate surface area is 147 Å². The molecule has 3 nitrogen and oxygen atoms in total. The van der Waals surface area contributed by atoms with Gasteiger partial charge in [0.05, 0.1) is 7.11 Å². The molecule has 124 valence electrons. The molecule has 2 aromatic rings. The smallest absolute Gasteiger partial charge is 0.302 e. The van der Waals surface area contributed by atoms with Crippen LogP contribution in [0.2, 0.25) is 0 Å². The number of ether oxygens (including phenoxy) is 2. The third-order valence-electron chi connectivity index (χ3n) is 3.28. The van der Waals surface area contributed by atoms with E-state index in [-0.39, 0.29) is 11.2 Å².